The number of methoxy groups -OCH3 is 1. The summed E-state index contributed by atoms with van der Waals surface area (Å²) in [4.78, 5) is 10.5. The van der Waals surface area contributed by atoms with Gasteiger partial charge in [0, 0.05) is 12.7 Å². The monoisotopic (exact) mass is 278 g/mol. The van der Waals surface area contributed by atoms with Crippen molar-refractivity contribution in [3.8, 4) is 11.5 Å². The second-order valence-electron chi connectivity index (χ2n) is 4.11. The summed E-state index contributed by atoms with van der Waals surface area (Å²) in [5, 5.41) is 0. The van der Waals surface area contributed by atoms with E-state index in [1.54, 1.807) is 31.4 Å². The fourth-order valence-electron chi connectivity index (χ4n) is 1.73. The molecule has 0 aromatic heterocycles. The Labute approximate surface area is 114 Å². The molecule has 0 heterocycles. The summed E-state index contributed by atoms with van der Waals surface area (Å²) in [5.41, 5.74) is 0.732. The normalized spacial score (nSPS) is 10.3. The maximum atomic E-state index is 13.7. The molecule has 0 N–H and O–H groups in total. The van der Waals surface area contributed by atoms with E-state index in [2.05, 4.69) is 0 Å². The number of carbonyl (C=O) groups is 1. The van der Waals surface area contributed by atoms with Gasteiger partial charge in [-0.25, -0.2) is 8.78 Å². The molecule has 0 saturated heterocycles. The van der Waals surface area contributed by atoms with Crippen molar-refractivity contribution in [2.75, 3.05) is 7.11 Å². The Morgan fingerprint density at radius 2 is 1.85 bits per heavy atom. The number of carbonyl (C=O) groups excluding carboxylic acids is 1. The third-order valence-electron chi connectivity index (χ3n) is 2.59. The van der Waals surface area contributed by atoms with E-state index in [0.29, 0.717) is 12.9 Å². The summed E-state index contributed by atoms with van der Waals surface area (Å²) in [5.74, 6) is -2.10. The smallest absolute Gasteiger partial charge is 0.198 e. The average molecular weight is 278 g/mol. The highest BCUT2D eigenvalue weighted by Gasteiger charge is 2.13. The van der Waals surface area contributed by atoms with Gasteiger partial charge in [-0.1, -0.05) is 12.1 Å². The molecule has 0 fully saturated rings. The Hall–Kier alpha value is -2.27. The molecular weight excluding hydrogens is 266 g/mol. The van der Waals surface area contributed by atoms with Gasteiger partial charge in [0.05, 0.1) is 6.61 Å². The summed E-state index contributed by atoms with van der Waals surface area (Å²) in [6, 6.07) is 8.54. The van der Waals surface area contributed by atoms with Crippen LogP contribution in [0.15, 0.2) is 36.4 Å². The molecule has 0 aliphatic rings. The zero-order valence-electron chi connectivity index (χ0n) is 10.7. The summed E-state index contributed by atoms with van der Waals surface area (Å²) in [7, 11) is 1.55. The van der Waals surface area contributed by atoms with Crippen molar-refractivity contribution in [1.82, 2.24) is 0 Å². The molecule has 2 aromatic rings. The predicted molar refractivity (Wildman–Crippen MR) is 69.0 cm³/mol. The molecule has 0 radical (unpaired) electrons. The fraction of sp³-hybridized carbons (Fsp3) is 0.133. The number of rotatable bonds is 5. The molecule has 0 unspecified atom stereocenters. The summed E-state index contributed by atoms with van der Waals surface area (Å²) in [6.07, 6.45) is 0.370. The van der Waals surface area contributed by atoms with Crippen molar-refractivity contribution in [2.45, 2.75) is 6.61 Å². The number of hydrogen-bond donors (Lipinski definition) is 0. The van der Waals surface area contributed by atoms with Crippen LogP contribution in [0.3, 0.4) is 0 Å². The molecule has 0 aliphatic heterocycles. The minimum atomic E-state index is -0.927. The highest BCUT2D eigenvalue weighted by atomic mass is 19.1. The van der Waals surface area contributed by atoms with Gasteiger partial charge in [-0.2, -0.15) is 0 Å². The van der Waals surface area contributed by atoms with Gasteiger partial charge in [-0.15, -0.1) is 0 Å². The summed E-state index contributed by atoms with van der Waals surface area (Å²) >= 11 is 0. The largest absolute Gasteiger partial charge is 0.451 e. The highest BCUT2D eigenvalue weighted by molar-refractivity contribution is 5.75. The van der Waals surface area contributed by atoms with Gasteiger partial charge in [0.1, 0.15) is 12.0 Å². The molecule has 0 saturated carbocycles. The molecule has 0 aliphatic carbocycles. The first-order valence-corrected chi connectivity index (χ1v) is 5.84. The van der Waals surface area contributed by atoms with Crippen LogP contribution in [0.1, 0.15) is 15.9 Å². The first kappa shape index (κ1) is 14.1. The second-order valence-corrected chi connectivity index (χ2v) is 4.11. The Balaban J connectivity index is 2.30. The van der Waals surface area contributed by atoms with E-state index in [9.17, 15) is 13.6 Å². The third-order valence-corrected chi connectivity index (χ3v) is 2.59. The quantitative estimate of drug-likeness (QED) is 0.782. The van der Waals surface area contributed by atoms with Gasteiger partial charge in [0.2, 0.25) is 0 Å². The molecule has 0 amide bonds. The van der Waals surface area contributed by atoms with Crippen molar-refractivity contribution in [3.05, 3.63) is 59.2 Å². The zero-order valence-corrected chi connectivity index (χ0v) is 10.7. The molecule has 2 aromatic carbocycles. The SMILES string of the molecule is COCc1cccc(Oc2c(F)cc(C=O)cc2F)c1. The van der Waals surface area contributed by atoms with E-state index in [-0.39, 0.29) is 11.3 Å². The van der Waals surface area contributed by atoms with Gasteiger partial charge in [0.15, 0.2) is 17.4 Å². The van der Waals surface area contributed by atoms with Crippen LogP contribution in [-0.2, 0) is 11.3 Å². The lowest BCUT2D eigenvalue weighted by Crippen LogP contribution is -1.96. The van der Waals surface area contributed by atoms with Crippen LogP contribution in [-0.4, -0.2) is 13.4 Å². The van der Waals surface area contributed by atoms with E-state index in [1.807, 2.05) is 0 Å². The standard InChI is InChI=1S/C15H12F2O3/c1-19-9-10-3-2-4-12(5-10)20-15-13(16)6-11(8-18)7-14(15)17/h2-8H,9H2,1H3. The number of ether oxygens (including phenoxy) is 2. The third kappa shape index (κ3) is 3.19. The van der Waals surface area contributed by atoms with E-state index >= 15 is 0 Å². The Kier molecular flexibility index (Phi) is 4.42. The second kappa shape index (κ2) is 6.25. The predicted octanol–water partition coefficient (Wildman–Crippen LogP) is 3.72. The van der Waals surface area contributed by atoms with Crippen molar-refractivity contribution in [1.29, 1.82) is 0 Å². The molecular formula is C15H12F2O3. The Morgan fingerprint density at radius 1 is 1.15 bits per heavy atom. The number of aldehydes is 1. The first-order chi connectivity index (χ1) is 9.63. The zero-order chi connectivity index (χ0) is 14.5. The maximum Gasteiger partial charge on any atom is 0.198 e. The Bertz CT molecular complexity index is 603. The highest BCUT2D eigenvalue weighted by Crippen LogP contribution is 2.28. The van der Waals surface area contributed by atoms with Crippen molar-refractivity contribution < 1.29 is 23.0 Å². The molecule has 2 rings (SSSR count). The van der Waals surface area contributed by atoms with E-state index in [1.165, 1.54) is 0 Å². The summed E-state index contributed by atoms with van der Waals surface area (Å²) < 4.78 is 37.5. The van der Waals surface area contributed by atoms with E-state index in [0.717, 1.165) is 17.7 Å². The molecule has 20 heavy (non-hydrogen) atoms. The van der Waals surface area contributed by atoms with Crippen molar-refractivity contribution in [2.24, 2.45) is 0 Å². The average Bonchev–Trinajstić information content (AvgIpc) is 2.43. The molecule has 3 nitrogen and oxygen atoms in total. The van der Waals surface area contributed by atoms with Gasteiger partial charge in [-0.3, -0.25) is 4.79 Å². The molecule has 0 bridgehead atoms. The maximum absolute atomic E-state index is 13.7. The van der Waals surface area contributed by atoms with Crippen molar-refractivity contribution in [3.63, 3.8) is 0 Å². The fourth-order valence-corrected chi connectivity index (χ4v) is 1.73. The van der Waals surface area contributed by atoms with Gasteiger partial charge in [0.25, 0.3) is 0 Å². The molecule has 0 spiro atoms. The minimum absolute atomic E-state index is 0.0829. The molecule has 0 atom stereocenters. The van der Waals surface area contributed by atoms with Crippen molar-refractivity contribution >= 4 is 6.29 Å². The van der Waals surface area contributed by atoms with Crippen LogP contribution in [0.4, 0.5) is 8.78 Å². The van der Waals surface area contributed by atoms with Gasteiger partial charge in [-0.05, 0) is 29.8 Å². The van der Waals surface area contributed by atoms with E-state index < -0.39 is 17.4 Å². The lowest BCUT2D eigenvalue weighted by molar-refractivity contribution is 0.112. The van der Waals surface area contributed by atoms with Crippen LogP contribution in [0.5, 0.6) is 11.5 Å². The van der Waals surface area contributed by atoms with Crippen LogP contribution in [0.2, 0.25) is 0 Å². The van der Waals surface area contributed by atoms with Crippen LogP contribution < -0.4 is 4.74 Å². The number of halogens is 2. The van der Waals surface area contributed by atoms with Gasteiger partial charge < -0.3 is 9.47 Å². The first-order valence-electron chi connectivity index (χ1n) is 5.84. The van der Waals surface area contributed by atoms with Crippen LogP contribution in [0, 0.1) is 11.6 Å². The van der Waals surface area contributed by atoms with Crippen LogP contribution in [0.25, 0.3) is 0 Å². The number of hydrogen-bond acceptors (Lipinski definition) is 3. The van der Waals surface area contributed by atoms with Crippen LogP contribution >= 0.6 is 0 Å². The summed E-state index contributed by atoms with van der Waals surface area (Å²) in [6.45, 7) is 0.367. The lowest BCUT2D eigenvalue weighted by atomic mass is 10.2. The molecule has 104 valence electrons. The van der Waals surface area contributed by atoms with Gasteiger partial charge >= 0.3 is 0 Å². The van der Waals surface area contributed by atoms with E-state index in [4.69, 9.17) is 9.47 Å². The topological polar surface area (TPSA) is 35.5 Å². The number of benzene rings is 2. The Morgan fingerprint density at radius 3 is 2.45 bits per heavy atom. The lowest BCUT2D eigenvalue weighted by Gasteiger charge is -2.09. The molecule has 5 heteroatoms. The minimum Gasteiger partial charge on any atom is -0.451 e.